The normalized spacial score (nSPS) is 15.3. The molecule has 0 spiro atoms. The molecule has 28 heavy (non-hydrogen) atoms. The summed E-state index contributed by atoms with van der Waals surface area (Å²) in [4.78, 5) is 12.8. The van der Waals surface area contributed by atoms with Gasteiger partial charge in [-0.25, -0.2) is 0 Å². The van der Waals surface area contributed by atoms with Crippen molar-refractivity contribution >= 4 is 5.91 Å². The molecule has 0 bridgehead atoms. The summed E-state index contributed by atoms with van der Waals surface area (Å²) in [5, 5.41) is 2.99. The predicted molar refractivity (Wildman–Crippen MR) is 108 cm³/mol. The first-order valence-electron chi connectivity index (χ1n) is 9.49. The van der Waals surface area contributed by atoms with Gasteiger partial charge in [-0.15, -0.1) is 0 Å². The molecule has 4 rings (SSSR count). The van der Waals surface area contributed by atoms with E-state index < -0.39 is 0 Å². The summed E-state index contributed by atoms with van der Waals surface area (Å²) in [6.45, 7) is 5.59. The van der Waals surface area contributed by atoms with E-state index in [1.807, 2.05) is 62.4 Å². The van der Waals surface area contributed by atoms with Crippen LogP contribution in [0.1, 0.15) is 27.3 Å². The summed E-state index contributed by atoms with van der Waals surface area (Å²) in [6.07, 6.45) is -0.202. The third kappa shape index (κ3) is 3.74. The number of nitrogens with zero attached hydrogens (tertiary/aromatic N) is 1. The van der Waals surface area contributed by atoms with Gasteiger partial charge >= 0.3 is 0 Å². The molecule has 144 valence electrons. The molecule has 0 saturated heterocycles. The minimum absolute atomic E-state index is 0.0881. The number of rotatable bonds is 5. The molecule has 2 aromatic carbocycles. The number of aryl methyl sites for hydroxylation is 1. The summed E-state index contributed by atoms with van der Waals surface area (Å²) in [5.74, 6) is 1.37. The molecule has 1 atom stereocenters. The van der Waals surface area contributed by atoms with E-state index in [2.05, 4.69) is 22.0 Å². The number of amides is 1. The standard InChI is InChI=1S/C23H24N2O3/c1-16-12-20(17(2)25(16)14-18-8-4-3-5-9-18)23(26)24-13-19-15-27-21-10-6-7-11-22(21)28-19/h3-12,19H,13-15H2,1-2H3,(H,24,26)/t19-/m1/s1. The summed E-state index contributed by atoms with van der Waals surface area (Å²) < 4.78 is 13.8. The Balaban J connectivity index is 1.41. The van der Waals surface area contributed by atoms with Crippen LogP contribution in [-0.2, 0) is 6.54 Å². The van der Waals surface area contributed by atoms with E-state index in [-0.39, 0.29) is 12.0 Å². The van der Waals surface area contributed by atoms with Gasteiger partial charge in [0, 0.05) is 17.9 Å². The largest absolute Gasteiger partial charge is 0.486 e. The Kier molecular flexibility index (Phi) is 5.06. The van der Waals surface area contributed by atoms with Crippen LogP contribution in [0.4, 0.5) is 0 Å². The predicted octanol–water partition coefficient (Wildman–Crippen LogP) is 3.72. The average Bonchev–Trinajstić information content (AvgIpc) is 3.01. The summed E-state index contributed by atoms with van der Waals surface area (Å²) in [5.41, 5.74) is 3.94. The quantitative estimate of drug-likeness (QED) is 0.738. The van der Waals surface area contributed by atoms with Gasteiger partial charge in [-0.2, -0.15) is 0 Å². The van der Waals surface area contributed by atoms with Crippen LogP contribution in [0.15, 0.2) is 60.7 Å². The summed E-state index contributed by atoms with van der Waals surface area (Å²) >= 11 is 0. The van der Waals surface area contributed by atoms with Crippen LogP contribution in [0, 0.1) is 13.8 Å². The van der Waals surface area contributed by atoms with Crippen molar-refractivity contribution in [3.63, 3.8) is 0 Å². The molecule has 0 radical (unpaired) electrons. The van der Waals surface area contributed by atoms with E-state index in [0.717, 1.165) is 23.7 Å². The highest BCUT2D eigenvalue weighted by molar-refractivity contribution is 5.95. The Morgan fingerprint density at radius 3 is 2.57 bits per heavy atom. The first-order chi connectivity index (χ1) is 13.6. The molecule has 5 nitrogen and oxygen atoms in total. The average molecular weight is 376 g/mol. The molecule has 1 aliphatic heterocycles. The molecule has 0 aliphatic carbocycles. The van der Waals surface area contributed by atoms with E-state index in [1.165, 1.54) is 5.56 Å². The van der Waals surface area contributed by atoms with E-state index >= 15 is 0 Å². The van der Waals surface area contributed by atoms with Gasteiger partial charge in [0.25, 0.3) is 5.91 Å². The van der Waals surface area contributed by atoms with Crippen molar-refractivity contribution in [2.24, 2.45) is 0 Å². The van der Waals surface area contributed by atoms with Gasteiger partial charge in [0.15, 0.2) is 11.5 Å². The molecule has 5 heteroatoms. The Morgan fingerprint density at radius 1 is 1.07 bits per heavy atom. The maximum atomic E-state index is 12.8. The fourth-order valence-electron chi connectivity index (χ4n) is 3.51. The van der Waals surface area contributed by atoms with Gasteiger partial charge in [0.2, 0.25) is 0 Å². The number of ether oxygens (including phenoxy) is 2. The first-order valence-corrected chi connectivity index (χ1v) is 9.49. The number of nitrogens with one attached hydrogen (secondary N) is 1. The summed E-state index contributed by atoms with van der Waals surface area (Å²) in [6, 6.07) is 19.8. The smallest absolute Gasteiger partial charge is 0.253 e. The highest BCUT2D eigenvalue weighted by atomic mass is 16.6. The Labute approximate surface area is 164 Å². The van der Waals surface area contributed by atoms with Gasteiger partial charge in [0.05, 0.1) is 12.1 Å². The Morgan fingerprint density at radius 2 is 1.79 bits per heavy atom. The van der Waals surface area contributed by atoms with Crippen LogP contribution in [0.25, 0.3) is 0 Å². The molecule has 1 aromatic heterocycles. The molecule has 1 aliphatic rings. The second-order valence-electron chi connectivity index (χ2n) is 7.06. The number of benzene rings is 2. The van der Waals surface area contributed by atoms with Crippen LogP contribution in [0.3, 0.4) is 0 Å². The molecule has 1 amide bonds. The number of hydrogen-bond donors (Lipinski definition) is 1. The summed E-state index contributed by atoms with van der Waals surface area (Å²) in [7, 11) is 0. The maximum Gasteiger partial charge on any atom is 0.253 e. The van der Waals surface area contributed by atoms with Crippen molar-refractivity contribution in [3.8, 4) is 11.5 Å². The third-order valence-electron chi connectivity index (χ3n) is 5.06. The zero-order valence-corrected chi connectivity index (χ0v) is 16.1. The van der Waals surface area contributed by atoms with Gasteiger partial charge in [-0.05, 0) is 37.6 Å². The maximum absolute atomic E-state index is 12.8. The SMILES string of the molecule is Cc1cc(C(=O)NC[C@@H]2COc3ccccc3O2)c(C)n1Cc1ccccc1. The Bertz CT molecular complexity index is 979. The van der Waals surface area contributed by atoms with Crippen LogP contribution in [-0.4, -0.2) is 29.7 Å². The molecular weight excluding hydrogens is 352 g/mol. The number of carbonyl (C=O) groups excluding carboxylic acids is 1. The van der Waals surface area contributed by atoms with Gasteiger partial charge < -0.3 is 19.4 Å². The molecule has 1 N–H and O–H groups in total. The van der Waals surface area contributed by atoms with Gasteiger partial charge in [-0.3, -0.25) is 4.79 Å². The number of para-hydroxylation sites is 2. The molecule has 3 aromatic rings. The van der Waals surface area contributed by atoms with Crippen LogP contribution >= 0.6 is 0 Å². The van der Waals surface area contributed by atoms with Crippen molar-refractivity contribution in [2.75, 3.05) is 13.2 Å². The van der Waals surface area contributed by atoms with Crippen molar-refractivity contribution in [1.82, 2.24) is 9.88 Å². The Hall–Kier alpha value is -3.21. The minimum Gasteiger partial charge on any atom is -0.486 e. The fourth-order valence-corrected chi connectivity index (χ4v) is 3.51. The van der Waals surface area contributed by atoms with Crippen molar-refractivity contribution in [1.29, 1.82) is 0 Å². The fraction of sp³-hybridized carbons (Fsp3) is 0.261. The highest BCUT2D eigenvalue weighted by Gasteiger charge is 2.22. The molecular formula is C23H24N2O3. The second kappa shape index (κ2) is 7.80. The molecule has 0 unspecified atom stereocenters. The second-order valence-corrected chi connectivity index (χ2v) is 7.06. The lowest BCUT2D eigenvalue weighted by atomic mass is 10.2. The lowest BCUT2D eigenvalue weighted by Crippen LogP contribution is -2.40. The first kappa shape index (κ1) is 18.2. The van der Waals surface area contributed by atoms with Crippen LogP contribution in [0.2, 0.25) is 0 Å². The lowest BCUT2D eigenvalue weighted by Gasteiger charge is -2.26. The number of hydrogen-bond acceptors (Lipinski definition) is 3. The van der Waals surface area contributed by atoms with Gasteiger partial charge in [-0.1, -0.05) is 42.5 Å². The topological polar surface area (TPSA) is 52.5 Å². The van der Waals surface area contributed by atoms with E-state index in [9.17, 15) is 4.79 Å². The van der Waals surface area contributed by atoms with Crippen molar-refractivity contribution < 1.29 is 14.3 Å². The molecule has 2 heterocycles. The number of fused-ring (bicyclic) bond motifs is 1. The lowest BCUT2D eigenvalue weighted by molar-refractivity contribution is 0.0789. The number of aromatic nitrogens is 1. The molecule has 0 fully saturated rings. The molecule has 0 saturated carbocycles. The number of carbonyl (C=O) groups is 1. The zero-order valence-electron chi connectivity index (χ0n) is 16.1. The van der Waals surface area contributed by atoms with Crippen molar-refractivity contribution in [3.05, 3.63) is 83.2 Å². The van der Waals surface area contributed by atoms with Crippen LogP contribution < -0.4 is 14.8 Å². The van der Waals surface area contributed by atoms with E-state index in [0.29, 0.717) is 24.5 Å². The minimum atomic E-state index is -0.202. The van der Waals surface area contributed by atoms with E-state index in [4.69, 9.17) is 9.47 Å². The van der Waals surface area contributed by atoms with Gasteiger partial charge in [0.1, 0.15) is 12.7 Å². The highest BCUT2D eigenvalue weighted by Crippen LogP contribution is 2.30. The zero-order chi connectivity index (χ0) is 19.5. The van der Waals surface area contributed by atoms with E-state index in [1.54, 1.807) is 0 Å². The van der Waals surface area contributed by atoms with Crippen molar-refractivity contribution in [2.45, 2.75) is 26.5 Å². The van der Waals surface area contributed by atoms with Crippen LogP contribution in [0.5, 0.6) is 11.5 Å². The third-order valence-corrected chi connectivity index (χ3v) is 5.06. The monoisotopic (exact) mass is 376 g/mol.